The van der Waals surface area contributed by atoms with Gasteiger partial charge in [0.25, 0.3) is 0 Å². The summed E-state index contributed by atoms with van der Waals surface area (Å²) in [5.41, 5.74) is -3.35. The first kappa shape index (κ1) is 24.0. The predicted octanol–water partition coefficient (Wildman–Crippen LogP) is 4.60. The molecule has 0 saturated carbocycles. The van der Waals surface area contributed by atoms with Crippen molar-refractivity contribution in [3.05, 3.63) is 65.2 Å². The summed E-state index contributed by atoms with van der Waals surface area (Å²) in [5.74, 6) is -1.58. The molecular weight excluding hydrogens is 428 g/mol. The molecule has 0 saturated heterocycles. The fourth-order valence-corrected chi connectivity index (χ4v) is 2.66. The molecule has 2 aromatic carbocycles. The summed E-state index contributed by atoms with van der Waals surface area (Å²) < 4.78 is 81.7. The Hall–Kier alpha value is -3.24. The van der Waals surface area contributed by atoms with E-state index in [1.54, 1.807) is 19.9 Å². The van der Waals surface area contributed by atoms with Crippen LogP contribution in [0.1, 0.15) is 16.7 Å². The van der Waals surface area contributed by atoms with E-state index in [0.29, 0.717) is 5.56 Å². The fourth-order valence-electron chi connectivity index (χ4n) is 2.66. The highest BCUT2D eigenvalue weighted by molar-refractivity contribution is 5.90. The summed E-state index contributed by atoms with van der Waals surface area (Å²) in [4.78, 5) is 24.1. The number of nitrogens with one attached hydrogen (secondary N) is 3. The van der Waals surface area contributed by atoms with Crippen LogP contribution in [0.25, 0.3) is 0 Å². The summed E-state index contributed by atoms with van der Waals surface area (Å²) in [7, 11) is 0. The Labute approximate surface area is 173 Å². The summed E-state index contributed by atoms with van der Waals surface area (Å²) in [6, 6.07) is 9.67. The highest BCUT2D eigenvalue weighted by atomic mass is 19.4. The number of halogens is 6. The van der Waals surface area contributed by atoms with E-state index >= 15 is 0 Å². The second-order valence-electron chi connectivity index (χ2n) is 6.83. The molecule has 3 N–H and O–H groups in total. The Balaban J connectivity index is 2.31. The number of carbonyl (C=O) groups excluding carboxylic acids is 2. The zero-order valence-electron chi connectivity index (χ0n) is 16.4. The van der Waals surface area contributed by atoms with Crippen molar-refractivity contribution in [1.82, 2.24) is 10.6 Å². The lowest BCUT2D eigenvalue weighted by molar-refractivity contribution is -0.311. The molecule has 0 heterocycles. The first-order chi connectivity index (χ1) is 14.2. The Morgan fingerprint density at radius 2 is 1.39 bits per heavy atom. The minimum atomic E-state index is -6.09. The molecule has 0 fully saturated rings. The molecule has 0 aliphatic carbocycles. The van der Waals surface area contributed by atoms with Gasteiger partial charge in [-0.3, -0.25) is 10.1 Å². The van der Waals surface area contributed by atoms with Crippen molar-refractivity contribution >= 4 is 17.6 Å². The van der Waals surface area contributed by atoms with Crippen LogP contribution in [0.3, 0.4) is 0 Å². The van der Waals surface area contributed by atoms with Gasteiger partial charge in [-0.2, -0.15) is 26.3 Å². The van der Waals surface area contributed by atoms with Crippen molar-refractivity contribution < 1.29 is 35.9 Å². The van der Waals surface area contributed by atoms with Crippen molar-refractivity contribution in [3.8, 4) is 0 Å². The average Bonchev–Trinajstić information content (AvgIpc) is 2.63. The van der Waals surface area contributed by atoms with Crippen LogP contribution in [0.5, 0.6) is 0 Å². The molecule has 168 valence electrons. The van der Waals surface area contributed by atoms with E-state index in [2.05, 4.69) is 0 Å². The first-order valence-electron chi connectivity index (χ1n) is 8.90. The molecule has 0 unspecified atom stereocenters. The van der Waals surface area contributed by atoms with Crippen molar-refractivity contribution in [2.45, 2.75) is 38.3 Å². The van der Waals surface area contributed by atoms with Gasteiger partial charge in [-0.1, -0.05) is 36.4 Å². The Morgan fingerprint density at radius 1 is 0.806 bits per heavy atom. The average molecular weight is 447 g/mol. The van der Waals surface area contributed by atoms with Crippen molar-refractivity contribution in [1.29, 1.82) is 0 Å². The lowest BCUT2D eigenvalue weighted by Gasteiger charge is -2.38. The number of rotatable bonds is 5. The molecule has 0 spiro atoms. The molecule has 0 bridgehead atoms. The fraction of sp³-hybridized carbons (Fsp3) is 0.300. The zero-order chi connectivity index (χ0) is 23.4. The van der Waals surface area contributed by atoms with Gasteiger partial charge in [0.15, 0.2) is 0 Å². The SMILES string of the molecule is Cc1ccc(NC(=O)NC(NC(=O)Cc2ccccc2)(C(F)(F)F)C(F)(F)F)cc1C. The van der Waals surface area contributed by atoms with Gasteiger partial charge in [0.2, 0.25) is 5.91 Å². The minimum absolute atomic E-state index is 0.0190. The van der Waals surface area contributed by atoms with Gasteiger partial charge in [-0.25, -0.2) is 4.79 Å². The van der Waals surface area contributed by atoms with Gasteiger partial charge >= 0.3 is 24.0 Å². The van der Waals surface area contributed by atoms with Gasteiger partial charge in [-0.05, 0) is 42.7 Å². The van der Waals surface area contributed by atoms with Crippen LogP contribution >= 0.6 is 0 Å². The highest BCUT2D eigenvalue weighted by Crippen LogP contribution is 2.41. The molecule has 31 heavy (non-hydrogen) atoms. The van der Waals surface area contributed by atoms with Gasteiger partial charge in [0.05, 0.1) is 6.42 Å². The predicted molar refractivity (Wildman–Crippen MR) is 101 cm³/mol. The molecule has 0 atom stereocenters. The van der Waals surface area contributed by atoms with Crippen LogP contribution in [0.2, 0.25) is 0 Å². The van der Waals surface area contributed by atoms with Crippen LogP contribution in [-0.4, -0.2) is 30.0 Å². The van der Waals surface area contributed by atoms with Gasteiger partial charge in [0, 0.05) is 5.69 Å². The van der Waals surface area contributed by atoms with Gasteiger partial charge in [-0.15, -0.1) is 0 Å². The largest absolute Gasteiger partial charge is 0.439 e. The molecule has 0 aliphatic heterocycles. The Bertz CT molecular complexity index is 928. The van der Waals surface area contributed by atoms with Crippen LogP contribution in [-0.2, 0) is 11.2 Å². The zero-order valence-corrected chi connectivity index (χ0v) is 16.4. The Kier molecular flexibility index (Phi) is 6.87. The third kappa shape index (κ3) is 5.68. The molecule has 0 aliphatic rings. The van der Waals surface area contributed by atoms with E-state index < -0.39 is 36.4 Å². The highest BCUT2D eigenvalue weighted by Gasteiger charge is 2.73. The molecular formula is C20H19F6N3O2. The summed E-state index contributed by atoms with van der Waals surface area (Å²) in [5, 5.41) is 3.74. The number of hydrogen-bond donors (Lipinski definition) is 3. The van der Waals surface area contributed by atoms with Crippen LogP contribution in [0.4, 0.5) is 36.8 Å². The van der Waals surface area contributed by atoms with E-state index in [9.17, 15) is 35.9 Å². The van der Waals surface area contributed by atoms with E-state index in [1.807, 2.05) is 5.32 Å². The number of carbonyl (C=O) groups is 2. The standard InChI is InChI=1S/C20H19F6N3O2/c1-12-8-9-15(10-13(12)2)27-17(31)29-18(19(21,22)23,20(24,25)26)28-16(30)11-14-6-4-3-5-7-14/h3-10H,11H2,1-2H3,(H,28,30)(H2,27,29,31). The second-order valence-corrected chi connectivity index (χ2v) is 6.83. The number of benzene rings is 2. The lowest BCUT2D eigenvalue weighted by Crippen LogP contribution is -2.76. The molecule has 0 aromatic heterocycles. The van der Waals surface area contributed by atoms with Gasteiger partial charge in [0.1, 0.15) is 0 Å². The van der Waals surface area contributed by atoms with Gasteiger partial charge < -0.3 is 10.6 Å². The van der Waals surface area contributed by atoms with Crippen LogP contribution < -0.4 is 16.0 Å². The van der Waals surface area contributed by atoms with E-state index in [-0.39, 0.29) is 11.3 Å². The lowest BCUT2D eigenvalue weighted by atomic mass is 10.1. The molecule has 3 amide bonds. The molecule has 5 nitrogen and oxygen atoms in total. The Morgan fingerprint density at radius 3 is 1.90 bits per heavy atom. The summed E-state index contributed by atoms with van der Waals surface area (Å²) in [6.45, 7) is 3.39. The number of alkyl halides is 6. The monoisotopic (exact) mass is 447 g/mol. The number of aryl methyl sites for hydroxylation is 2. The quantitative estimate of drug-likeness (QED) is 0.463. The van der Waals surface area contributed by atoms with E-state index in [1.165, 1.54) is 42.5 Å². The minimum Gasteiger partial charge on any atom is -0.318 e. The summed E-state index contributed by atoms with van der Waals surface area (Å²) in [6.07, 6.45) is -12.9. The van der Waals surface area contributed by atoms with Crippen LogP contribution in [0.15, 0.2) is 48.5 Å². The smallest absolute Gasteiger partial charge is 0.318 e. The first-order valence-corrected chi connectivity index (χ1v) is 8.90. The number of anilines is 1. The summed E-state index contributed by atoms with van der Waals surface area (Å²) >= 11 is 0. The molecule has 0 radical (unpaired) electrons. The third-order valence-corrected chi connectivity index (χ3v) is 4.45. The van der Waals surface area contributed by atoms with E-state index in [0.717, 1.165) is 16.2 Å². The number of hydrogen-bond acceptors (Lipinski definition) is 2. The van der Waals surface area contributed by atoms with Crippen molar-refractivity contribution in [3.63, 3.8) is 0 Å². The maximum atomic E-state index is 13.6. The molecule has 2 rings (SSSR count). The topological polar surface area (TPSA) is 70.2 Å². The van der Waals surface area contributed by atoms with Crippen LogP contribution in [0, 0.1) is 13.8 Å². The molecule has 11 heteroatoms. The molecule has 2 aromatic rings. The maximum absolute atomic E-state index is 13.6. The number of urea groups is 1. The van der Waals surface area contributed by atoms with Crippen molar-refractivity contribution in [2.75, 3.05) is 5.32 Å². The normalized spacial score (nSPS) is 12.3. The van der Waals surface area contributed by atoms with Crippen molar-refractivity contribution in [2.24, 2.45) is 0 Å². The van der Waals surface area contributed by atoms with E-state index in [4.69, 9.17) is 0 Å². The maximum Gasteiger partial charge on any atom is 0.439 e. The second kappa shape index (κ2) is 8.86. The number of amides is 3. The third-order valence-electron chi connectivity index (χ3n) is 4.45.